The smallest absolute Gasteiger partial charge is 0.137 e. The number of ether oxygens (including phenoxy) is 2. The van der Waals surface area contributed by atoms with Crippen molar-refractivity contribution in [1.82, 2.24) is 4.98 Å². The lowest BCUT2D eigenvalue weighted by atomic mass is 9.99. The van der Waals surface area contributed by atoms with Gasteiger partial charge in [-0.15, -0.1) is 0 Å². The van der Waals surface area contributed by atoms with E-state index in [0.29, 0.717) is 17.5 Å². The van der Waals surface area contributed by atoms with Gasteiger partial charge in [-0.05, 0) is 50.8 Å². The number of aromatic nitrogens is 1. The van der Waals surface area contributed by atoms with Gasteiger partial charge in [0.2, 0.25) is 0 Å². The predicted octanol–water partition coefficient (Wildman–Crippen LogP) is 3.13. The molecule has 2 heterocycles. The number of aliphatic hydroxyl groups excluding tert-OH is 1. The fourth-order valence-corrected chi connectivity index (χ4v) is 3.95. The van der Waals surface area contributed by atoms with E-state index in [1.165, 1.54) is 6.21 Å². The van der Waals surface area contributed by atoms with Crippen molar-refractivity contribution in [2.75, 3.05) is 50.2 Å². The molecule has 0 unspecified atom stereocenters. The minimum Gasteiger partial charge on any atom is -0.491 e. The van der Waals surface area contributed by atoms with Crippen molar-refractivity contribution in [2.45, 2.75) is 38.8 Å². The molecule has 180 valence electrons. The number of pyridine rings is 1. The highest BCUT2D eigenvalue weighted by Gasteiger charge is 2.20. The molecule has 1 aromatic heterocycles. The molecular formula is C25H37N5O3. The zero-order chi connectivity index (χ0) is 23.8. The zero-order valence-corrected chi connectivity index (χ0v) is 19.9. The van der Waals surface area contributed by atoms with Crippen LogP contribution in [0.15, 0.2) is 30.3 Å². The molecule has 0 spiro atoms. The van der Waals surface area contributed by atoms with E-state index < -0.39 is 6.10 Å². The average Bonchev–Trinajstić information content (AvgIpc) is 2.82. The van der Waals surface area contributed by atoms with Gasteiger partial charge in [0, 0.05) is 51.2 Å². The largest absolute Gasteiger partial charge is 0.491 e. The lowest BCUT2D eigenvalue weighted by Crippen LogP contribution is -2.30. The Morgan fingerprint density at radius 3 is 2.76 bits per heavy atom. The minimum absolute atomic E-state index is 0.138. The Morgan fingerprint density at radius 2 is 2.09 bits per heavy atom. The second-order valence-electron chi connectivity index (χ2n) is 8.90. The molecule has 0 saturated carbocycles. The second kappa shape index (κ2) is 12.0. The van der Waals surface area contributed by atoms with Crippen LogP contribution in [0, 0.1) is 11.3 Å². The number of nitrogens with one attached hydrogen (secondary N) is 2. The number of nitrogens with two attached hydrogens (primary N) is 1. The topological polar surface area (TPSA) is 117 Å². The summed E-state index contributed by atoms with van der Waals surface area (Å²) in [4.78, 5) is 7.09. The third-order valence-electron chi connectivity index (χ3n) is 5.73. The van der Waals surface area contributed by atoms with Crippen LogP contribution < -0.4 is 20.7 Å². The molecule has 3 rings (SSSR count). The first kappa shape index (κ1) is 25.0. The normalized spacial score (nSPS) is 15.3. The van der Waals surface area contributed by atoms with Crippen molar-refractivity contribution in [3.8, 4) is 17.0 Å². The summed E-state index contributed by atoms with van der Waals surface area (Å²) in [6.45, 7) is 6.93. The van der Waals surface area contributed by atoms with Crippen LogP contribution in [0.1, 0.15) is 32.3 Å². The summed E-state index contributed by atoms with van der Waals surface area (Å²) in [5, 5.41) is 21.2. The molecule has 0 radical (unpaired) electrons. The third kappa shape index (κ3) is 6.90. The molecule has 33 heavy (non-hydrogen) atoms. The van der Waals surface area contributed by atoms with E-state index in [0.717, 1.165) is 55.1 Å². The fourth-order valence-electron chi connectivity index (χ4n) is 3.95. The van der Waals surface area contributed by atoms with Crippen LogP contribution >= 0.6 is 0 Å². The van der Waals surface area contributed by atoms with Crippen molar-refractivity contribution in [1.29, 1.82) is 5.41 Å². The molecule has 1 aliphatic rings. The second-order valence-corrected chi connectivity index (χ2v) is 8.90. The highest BCUT2D eigenvalue weighted by molar-refractivity contribution is 5.94. The van der Waals surface area contributed by atoms with Gasteiger partial charge >= 0.3 is 0 Å². The molecule has 0 amide bonds. The maximum atomic E-state index is 9.71. The van der Waals surface area contributed by atoms with Crippen LogP contribution in [0.5, 0.6) is 5.75 Å². The molecule has 1 aromatic carbocycles. The Bertz CT molecular complexity index is 915. The number of hydrogen-bond donors (Lipinski definition) is 4. The lowest BCUT2D eigenvalue weighted by Gasteiger charge is -2.30. The van der Waals surface area contributed by atoms with Gasteiger partial charge in [0.25, 0.3) is 0 Å². The number of hydrogen-bond acceptors (Lipinski definition) is 8. The fraction of sp³-hybridized carbons (Fsp3) is 0.520. The van der Waals surface area contributed by atoms with Gasteiger partial charge in [0.1, 0.15) is 24.3 Å². The number of benzene rings is 1. The Morgan fingerprint density at radius 1 is 1.33 bits per heavy atom. The number of anilines is 2. The van der Waals surface area contributed by atoms with Crippen LogP contribution in [-0.4, -0.2) is 68.4 Å². The first-order chi connectivity index (χ1) is 15.9. The van der Waals surface area contributed by atoms with Gasteiger partial charge < -0.3 is 35.9 Å². The van der Waals surface area contributed by atoms with E-state index in [2.05, 4.69) is 31.1 Å². The molecule has 1 aliphatic heterocycles. The maximum Gasteiger partial charge on any atom is 0.137 e. The first-order valence-corrected chi connectivity index (χ1v) is 11.6. The summed E-state index contributed by atoms with van der Waals surface area (Å²) >= 11 is 0. The van der Waals surface area contributed by atoms with Crippen molar-refractivity contribution < 1.29 is 14.6 Å². The van der Waals surface area contributed by atoms with Gasteiger partial charge in [-0.25, -0.2) is 4.98 Å². The van der Waals surface area contributed by atoms with E-state index in [1.807, 2.05) is 30.3 Å². The van der Waals surface area contributed by atoms with E-state index in [9.17, 15) is 5.11 Å². The Hall–Kier alpha value is -2.68. The molecule has 2 aromatic rings. The van der Waals surface area contributed by atoms with Gasteiger partial charge in [-0.3, -0.25) is 0 Å². The Labute approximate surface area is 196 Å². The summed E-state index contributed by atoms with van der Waals surface area (Å²) in [7, 11) is 2.08. The number of rotatable bonds is 11. The molecule has 1 saturated heterocycles. The first-order valence-electron chi connectivity index (χ1n) is 11.6. The van der Waals surface area contributed by atoms with Gasteiger partial charge in [-0.1, -0.05) is 12.1 Å². The summed E-state index contributed by atoms with van der Waals surface area (Å²) in [5.74, 6) is 1.90. The summed E-state index contributed by atoms with van der Waals surface area (Å²) < 4.78 is 11.2. The van der Waals surface area contributed by atoms with E-state index >= 15 is 0 Å². The van der Waals surface area contributed by atoms with E-state index in [4.69, 9.17) is 25.6 Å². The summed E-state index contributed by atoms with van der Waals surface area (Å²) in [6, 6.07) is 9.87. The Kier molecular flexibility index (Phi) is 9.05. The number of nitrogens with zero attached hydrogens (tertiary/aromatic N) is 2. The van der Waals surface area contributed by atoms with E-state index in [1.54, 1.807) is 0 Å². The number of aliphatic hydroxyl groups is 1. The lowest BCUT2D eigenvalue weighted by molar-refractivity contribution is 0.0685. The predicted molar refractivity (Wildman–Crippen MR) is 134 cm³/mol. The third-order valence-corrected chi connectivity index (χ3v) is 5.73. The van der Waals surface area contributed by atoms with Gasteiger partial charge in [0.05, 0.1) is 16.9 Å². The van der Waals surface area contributed by atoms with E-state index in [-0.39, 0.29) is 19.2 Å². The highest BCUT2D eigenvalue weighted by Crippen LogP contribution is 2.33. The van der Waals surface area contributed by atoms with Crippen molar-refractivity contribution in [3.63, 3.8) is 0 Å². The average molecular weight is 456 g/mol. The van der Waals surface area contributed by atoms with Gasteiger partial charge in [0.15, 0.2) is 0 Å². The quantitative estimate of drug-likeness (QED) is 0.385. The van der Waals surface area contributed by atoms with Crippen molar-refractivity contribution in [3.05, 3.63) is 35.9 Å². The molecule has 1 fully saturated rings. The molecule has 0 bridgehead atoms. The molecule has 5 N–H and O–H groups in total. The van der Waals surface area contributed by atoms with Crippen LogP contribution in [0.2, 0.25) is 0 Å². The van der Waals surface area contributed by atoms with Crippen LogP contribution in [0.3, 0.4) is 0 Å². The van der Waals surface area contributed by atoms with Crippen LogP contribution in [0.25, 0.3) is 11.3 Å². The Balaban J connectivity index is 1.95. The SMILES string of the molecule is CC(C)Nc1nc(-c2cccc(OC[C@@H](O)CN)c2)cc(N(C)CC2CCOCC2)c1C=N. The zero-order valence-electron chi connectivity index (χ0n) is 19.9. The van der Waals surface area contributed by atoms with Crippen molar-refractivity contribution >= 4 is 17.7 Å². The molecule has 8 nitrogen and oxygen atoms in total. The van der Waals surface area contributed by atoms with Crippen LogP contribution in [-0.2, 0) is 4.74 Å². The van der Waals surface area contributed by atoms with Crippen LogP contribution in [0.4, 0.5) is 11.5 Å². The highest BCUT2D eigenvalue weighted by atomic mass is 16.5. The standard InChI is InChI=1S/C25H37N5O3/c1-17(2)28-25-22(14-27)24(30(3)15-18-7-9-32-10-8-18)12-23(29-25)19-5-4-6-21(11-19)33-16-20(31)13-26/h4-6,11-12,14,17-18,20,27,31H,7-10,13,15-16,26H2,1-3H3,(H,28,29)/t20-/m0/s1. The van der Waals surface area contributed by atoms with Gasteiger partial charge in [-0.2, -0.15) is 0 Å². The monoisotopic (exact) mass is 455 g/mol. The molecule has 0 aliphatic carbocycles. The minimum atomic E-state index is -0.703. The molecular weight excluding hydrogens is 418 g/mol. The maximum absolute atomic E-state index is 9.71. The molecule has 8 heteroatoms. The molecule has 1 atom stereocenters. The summed E-state index contributed by atoms with van der Waals surface area (Å²) in [5.41, 5.74) is 8.92. The summed E-state index contributed by atoms with van der Waals surface area (Å²) in [6.07, 6.45) is 2.78. The van der Waals surface area contributed by atoms with Crippen molar-refractivity contribution in [2.24, 2.45) is 11.7 Å².